The predicted molar refractivity (Wildman–Crippen MR) is 112 cm³/mol. The SMILES string of the molecule is COc1ccccc1-n1c(SCC(=O)NC2CCCC2)nnc1-c1ccccn1. The fraction of sp³-hybridized carbons (Fsp3) is 0.333. The first-order chi connectivity index (χ1) is 14.3. The average Bonchev–Trinajstić information content (AvgIpc) is 3.42. The first kappa shape index (κ1) is 19.4. The topological polar surface area (TPSA) is 81.9 Å². The van der Waals surface area contributed by atoms with E-state index >= 15 is 0 Å². The number of methoxy groups -OCH3 is 1. The zero-order valence-electron chi connectivity index (χ0n) is 16.2. The third-order valence-corrected chi connectivity index (χ3v) is 5.84. The van der Waals surface area contributed by atoms with Gasteiger partial charge < -0.3 is 10.1 Å². The van der Waals surface area contributed by atoms with Gasteiger partial charge in [0.15, 0.2) is 11.0 Å². The highest BCUT2D eigenvalue weighted by Gasteiger charge is 2.21. The summed E-state index contributed by atoms with van der Waals surface area (Å²) >= 11 is 1.36. The van der Waals surface area contributed by atoms with E-state index in [1.807, 2.05) is 47.0 Å². The predicted octanol–water partition coefficient (Wildman–Crippen LogP) is 3.49. The van der Waals surface area contributed by atoms with Crippen molar-refractivity contribution < 1.29 is 9.53 Å². The van der Waals surface area contributed by atoms with Crippen LogP contribution < -0.4 is 10.1 Å². The summed E-state index contributed by atoms with van der Waals surface area (Å²) in [6, 6.07) is 13.6. The molecule has 8 heteroatoms. The number of amides is 1. The van der Waals surface area contributed by atoms with E-state index in [0.29, 0.717) is 28.5 Å². The number of hydrogen-bond donors (Lipinski definition) is 1. The van der Waals surface area contributed by atoms with E-state index in [4.69, 9.17) is 4.74 Å². The van der Waals surface area contributed by atoms with Gasteiger partial charge in [0.2, 0.25) is 5.91 Å². The smallest absolute Gasteiger partial charge is 0.230 e. The van der Waals surface area contributed by atoms with Gasteiger partial charge in [0.25, 0.3) is 0 Å². The Morgan fingerprint density at radius 1 is 1.17 bits per heavy atom. The lowest BCUT2D eigenvalue weighted by Gasteiger charge is -2.14. The normalized spacial score (nSPS) is 14.1. The second-order valence-electron chi connectivity index (χ2n) is 6.87. The van der Waals surface area contributed by atoms with Crippen LogP contribution in [-0.2, 0) is 4.79 Å². The van der Waals surface area contributed by atoms with Crippen LogP contribution in [-0.4, -0.2) is 44.6 Å². The van der Waals surface area contributed by atoms with Crippen LogP contribution in [0.15, 0.2) is 53.8 Å². The number of nitrogens with one attached hydrogen (secondary N) is 1. The summed E-state index contributed by atoms with van der Waals surface area (Å²) < 4.78 is 7.44. The van der Waals surface area contributed by atoms with Gasteiger partial charge in [-0.3, -0.25) is 14.3 Å². The minimum absolute atomic E-state index is 0.0239. The van der Waals surface area contributed by atoms with E-state index in [2.05, 4.69) is 20.5 Å². The molecule has 0 aliphatic heterocycles. The lowest BCUT2D eigenvalue weighted by atomic mass is 10.2. The molecule has 7 nitrogen and oxygen atoms in total. The molecule has 1 saturated carbocycles. The zero-order valence-corrected chi connectivity index (χ0v) is 17.1. The van der Waals surface area contributed by atoms with Gasteiger partial charge >= 0.3 is 0 Å². The Labute approximate surface area is 173 Å². The van der Waals surface area contributed by atoms with E-state index in [1.165, 1.54) is 24.6 Å². The molecule has 0 bridgehead atoms. The Morgan fingerprint density at radius 3 is 2.72 bits per heavy atom. The Kier molecular flexibility index (Phi) is 6.09. The molecule has 3 aromatic rings. The zero-order chi connectivity index (χ0) is 20.1. The molecule has 150 valence electrons. The summed E-state index contributed by atoms with van der Waals surface area (Å²) in [6.45, 7) is 0. The number of aromatic nitrogens is 4. The Bertz CT molecular complexity index is 970. The lowest BCUT2D eigenvalue weighted by molar-refractivity contribution is -0.119. The van der Waals surface area contributed by atoms with Crippen molar-refractivity contribution in [2.24, 2.45) is 0 Å². The summed E-state index contributed by atoms with van der Waals surface area (Å²) in [7, 11) is 1.63. The molecular formula is C21H23N5O2S. The van der Waals surface area contributed by atoms with Crippen molar-refractivity contribution in [3.63, 3.8) is 0 Å². The van der Waals surface area contributed by atoms with Crippen molar-refractivity contribution in [1.29, 1.82) is 0 Å². The molecular weight excluding hydrogens is 386 g/mol. The second kappa shape index (κ2) is 9.09. The number of hydrogen-bond acceptors (Lipinski definition) is 6. The molecule has 0 radical (unpaired) electrons. The molecule has 29 heavy (non-hydrogen) atoms. The molecule has 1 N–H and O–H groups in total. The summed E-state index contributed by atoms with van der Waals surface area (Å²) in [6.07, 6.45) is 6.23. The van der Waals surface area contributed by atoms with Crippen LogP contribution in [0.3, 0.4) is 0 Å². The maximum Gasteiger partial charge on any atom is 0.230 e. The number of nitrogens with zero attached hydrogens (tertiary/aromatic N) is 4. The summed E-state index contributed by atoms with van der Waals surface area (Å²) in [5, 5.41) is 12.4. The van der Waals surface area contributed by atoms with Gasteiger partial charge in [-0.25, -0.2) is 0 Å². The molecule has 0 spiro atoms. The molecule has 1 fully saturated rings. The molecule has 1 aromatic carbocycles. The van der Waals surface area contributed by atoms with Gasteiger partial charge in [0, 0.05) is 12.2 Å². The van der Waals surface area contributed by atoms with Crippen molar-refractivity contribution in [1.82, 2.24) is 25.1 Å². The van der Waals surface area contributed by atoms with E-state index in [9.17, 15) is 4.79 Å². The Balaban J connectivity index is 1.63. The van der Waals surface area contributed by atoms with Crippen LogP contribution in [0.1, 0.15) is 25.7 Å². The van der Waals surface area contributed by atoms with E-state index in [1.54, 1.807) is 13.3 Å². The van der Waals surface area contributed by atoms with Gasteiger partial charge in [-0.05, 0) is 37.1 Å². The molecule has 2 heterocycles. The quantitative estimate of drug-likeness (QED) is 0.602. The number of thioether (sulfide) groups is 1. The monoisotopic (exact) mass is 409 g/mol. The van der Waals surface area contributed by atoms with Gasteiger partial charge in [0.1, 0.15) is 11.4 Å². The average molecular weight is 410 g/mol. The third-order valence-electron chi connectivity index (χ3n) is 4.91. The van der Waals surface area contributed by atoms with E-state index in [0.717, 1.165) is 18.5 Å². The van der Waals surface area contributed by atoms with Crippen molar-refractivity contribution >= 4 is 17.7 Å². The minimum atomic E-state index is 0.0239. The van der Waals surface area contributed by atoms with Crippen LogP contribution in [0, 0.1) is 0 Å². The fourth-order valence-corrected chi connectivity index (χ4v) is 4.28. The van der Waals surface area contributed by atoms with Crippen LogP contribution in [0.5, 0.6) is 5.75 Å². The largest absolute Gasteiger partial charge is 0.495 e. The third kappa shape index (κ3) is 4.42. The van der Waals surface area contributed by atoms with Crippen LogP contribution in [0.2, 0.25) is 0 Å². The first-order valence-corrected chi connectivity index (χ1v) is 10.7. The standard InChI is InChI=1S/C21H23N5O2S/c1-28-18-12-5-4-11-17(18)26-20(16-10-6-7-13-22-16)24-25-21(26)29-14-19(27)23-15-8-2-3-9-15/h4-7,10-13,15H,2-3,8-9,14H2,1H3,(H,23,27). The van der Waals surface area contributed by atoms with Gasteiger partial charge in [-0.1, -0.05) is 42.8 Å². The van der Waals surface area contributed by atoms with E-state index < -0.39 is 0 Å². The minimum Gasteiger partial charge on any atom is -0.495 e. The maximum atomic E-state index is 12.4. The summed E-state index contributed by atoms with van der Waals surface area (Å²) in [5.74, 6) is 1.61. The summed E-state index contributed by atoms with van der Waals surface area (Å²) in [5.41, 5.74) is 1.51. The van der Waals surface area contributed by atoms with Gasteiger partial charge in [0.05, 0.1) is 18.6 Å². The van der Waals surface area contributed by atoms with Gasteiger partial charge in [-0.15, -0.1) is 10.2 Å². The van der Waals surface area contributed by atoms with Crippen molar-refractivity contribution in [3.05, 3.63) is 48.7 Å². The van der Waals surface area contributed by atoms with Gasteiger partial charge in [-0.2, -0.15) is 0 Å². The first-order valence-electron chi connectivity index (χ1n) is 9.68. The molecule has 0 saturated heterocycles. The maximum absolute atomic E-state index is 12.4. The van der Waals surface area contributed by atoms with Crippen LogP contribution in [0.25, 0.3) is 17.2 Å². The molecule has 1 amide bonds. The number of carbonyl (C=O) groups excluding carboxylic acids is 1. The fourth-order valence-electron chi connectivity index (χ4n) is 3.53. The Hall–Kier alpha value is -2.87. The van der Waals surface area contributed by atoms with Crippen molar-refractivity contribution in [3.8, 4) is 23.0 Å². The van der Waals surface area contributed by atoms with E-state index in [-0.39, 0.29) is 11.7 Å². The highest BCUT2D eigenvalue weighted by molar-refractivity contribution is 7.99. The van der Waals surface area contributed by atoms with Crippen LogP contribution in [0.4, 0.5) is 0 Å². The highest BCUT2D eigenvalue weighted by Crippen LogP contribution is 2.31. The molecule has 0 unspecified atom stereocenters. The van der Waals surface area contributed by atoms with Crippen LogP contribution >= 0.6 is 11.8 Å². The Morgan fingerprint density at radius 2 is 1.97 bits per heavy atom. The highest BCUT2D eigenvalue weighted by atomic mass is 32.2. The number of pyridine rings is 1. The number of para-hydroxylation sites is 2. The number of rotatable bonds is 7. The van der Waals surface area contributed by atoms with Crippen molar-refractivity contribution in [2.75, 3.05) is 12.9 Å². The number of carbonyl (C=O) groups is 1. The summed E-state index contributed by atoms with van der Waals surface area (Å²) in [4.78, 5) is 16.8. The molecule has 0 atom stereocenters. The molecule has 1 aliphatic carbocycles. The molecule has 2 aromatic heterocycles. The number of benzene rings is 1. The molecule has 4 rings (SSSR count). The molecule has 1 aliphatic rings. The van der Waals surface area contributed by atoms with Crippen molar-refractivity contribution in [2.45, 2.75) is 36.9 Å². The lowest BCUT2D eigenvalue weighted by Crippen LogP contribution is -2.33. The number of ether oxygens (including phenoxy) is 1. The second-order valence-corrected chi connectivity index (χ2v) is 7.81.